The van der Waals surface area contributed by atoms with Crippen LogP contribution in [0.3, 0.4) is 0 Å². The van der Waals surface area contributed by atoms with Crippen LogP contribution in [-0.2, 0) is 31.1 Å². The Hall–Kier alpha value is -5.67. The number of nitrogens with zero attached hydrogens (tertiary/aromatic N) is 2. The number of ether oxygens (including phenoxy) is 1. The highest BCUT2D eigenvalue weighted by Gasteiger charge is 2.50. The molecule has 3 heteroatoms. The maximum absolute atomic E-state index is 6.89. The number of anilines is 1. The van der Waals surface area contributed by atoms with Crippen molar-refractivity contribution < 1.29 is 4.74 Å². The Morgan fingerprint density at radius 1 is 0.545 bits per heavy atom. The topological polar surface area (TPSA) is 15.5 Å². The van der Waals surface area contributed by atoms with Gasteiger partial charge in [0.1, 0.15) is 24.6 Å². The highest BCUT2D eigenvalue weighted by Crippen LogP contribution is 2.58. The highest BCUT2D eigenvalue weighted by molar-refractivity contribution is 6.01. The Balaban J connectivity index is 1.28. The summed E-state index contributed by atoms with van der Waals surface area (Å²) >= 11 is 0. The molecule has 0 amide bonds. The zero-order valence-electron chi connectivity index (χ0n) is 31.3. The van der Waals surface area contributed by atoms with E-state index in [2.05, 4.69) is 125 Å². The van der Waals surface area contributed by atoms with Crippen LogP contribution in [0.2, 0.25) is 0 Å². The number of hydrogen-bond donors (Lipinski definition) is 0. The van der Waals surface area contributed by atoms with E-state index in [-0.39, 0.29) is 0 Å². The maximum atomic E-state index is 6.89. The smallest absolute Gasteiger partial charge is 0.206 e. The average Bonchev–Trinajstić information content (AvgIpc) is 3.23. The van der Waals surface area contributed by atoms with Gasteiger partial charge in [0.15, 0.2) is 0 Å². The van der Waals surface area contributed by atoms with E-state index >= 15 is 0 Å². The third kappa shape index (κ3) is 4.04. The van der Waals surface area contributed by atoms with E-state index in [0.29, 0.717) is 0 Å². The normalized spacial score (nSPS) is 18.2. The first-order valence-corrected chi connectivity index (χ1v) is 20.8. The van der Waals surface area contributed by atoms with Gasteiger partial charge in [-0.3, -0.25) is 0 Å². The van der Waals surface area contributed by atoms with E-state index < -0.39 is 5.41 Å². The van der Waals surface area contributed by atoms with Crippen molar-refractivity contribution in [3.63, 3.8) is 0 Å². The average molecular weight is 712 g/mol. The summed E-state index contributed by atoms with van der Waals surface area (Å²) in [6.07, 6.45) is 9.53. The van der Waals surface area contributed by atoms with E-state index in [9.17, 15) is 0 Å². The molecule has 0 radical (unpaired) electrons. The molecule has 13 rings (SSSR count). The minimum atomic E-state index is -0.579. The van der Waals surface area contributed by atoms with Crippen LogP contribution in [0, 0.1) is 0 Å². The number of benzene rings is 7. The predicted octanol–water partition coefficient (Wildman–Crippen LogP) is 9.12. The van der Waals surface area contributed by atoms with Gasteiger partial charge in [0.05, 0.1) is 5.41 Å². The number of para-hydroxylation sites is 2. The third-order valence-electron chi connectivity index (χ3n) is 14.2. The molecule has 0 saturated heterocycles. The summed E-state index contributed by atoms with van der Waals surface area (Å²) in [5.74, 6) is 1.91. The van der Waals surface area contributed by atoms with Crippen LogP contribution in [0.5, 0.6) is 11.5 Å². The van der Waals surface area contributed by atoms with Crippen molar-refractivity contribution in [2.45, 2.75) is 56.8 Å². The Morgan fingerprint density at radius 3 is 2.00 bits per heavy atom. The monoisotopic (exact) mass is 711 g/mol. The largest absolute Gasteiger partial charge is 0.457 e. The van der Waals surface area contributed by atoms with Gasteiger partial charge in [-0.1, -0.05) is 66.7 Å². The van der Waals surface area contributed by atoms with E-state index in [1.807, 2.05) is 0 Å². The molecule has 1 aliphatic carbocycles. The second-order valence-electron chi connectivity index (χ2n) is 16.9. The summed E-state index contributed by atoms with van der Waals surface area (Å²) in [4.78, 5) is 2.70. The molecule has 0 atom stereocenters. The van der Waals surface area contributed by atoms with Crippen LogP contribution in [0.1, 0.15) is 81.3 Å². The van der Waals surface area contributed by atoms with Gasteiger partial charge in [-0.25, -0.2) is 4.58 Å². The van der Waals surface area contributed by atoms with Crippen molar-refractivity contribution in [3.05, 3.63) is 181 Å². The molecule has 0 unspecified atom stereocenters. The lowest BCUT2D eigenvalue weighted by Crippen LogP contribution is -2.44. The number of hydrogen-bond acceptors (Lipinski definition) is 2. The Labute approximate surface area is 321 Å². The van der Waals surface area contributed by atoms with Crippen LogP contribution in [-0.4, -0.2) is 26.2 Å². The van der Waals surface area contributed by atoms with Gasteiger partial charge >= 0.3 is 0 Å². The summed E-state index contributed by atoms with van der Waals surface area (Å²) < 4.78 is 9.58. The minimum Gasteiger partial charge on any atom is -0.457 e. The molecule has 55 heavy (non-hydrogen) atoms. The Morgan fingerprint density at radius 2 is 1.18 bits per heavy atom. The SMILES string of the molecule is c1ccc(C2=c3cc4cc5c6c(c4cc3C3(c4ccccc4Oc4ccccc43)c3cc4c7c8c(cc4cc32)CCCN8CCC7)CCC[N+]=6CCC5)cc1. The van der Waals surface area contributed by atoms with Crippen LogP contribution in [0.25, 0.3) is 27.1 Å². The third-order valence-corrected chi connectivity index (χ3v) is 14.2. The summed E-state index contributed by atoms with van der Waals surface area (Å²) in [5.41, 5.74) is 16.4. The highest BCUT2D eigenvalue weighted by atomic mass is 16.5. The molecule has 0 saturated carbocycles. The molecule has 1 spiro atoms. The van der Waals surface area contributed by atoms with E-state index in [1.54, 1.807) is 22.3 Å². The second-order valence-corrected chi connectivity index (χ2v) is 16.9. The molecule has 266 valence electrons. The molecule has 7 aromatic carbocycles. The lowest BCUT2D eigenvalue weighted by atomic mass is 9.58. The van der Waals surface area contributed by atoms with Crippen molar-refractivity contribution >= 4 is 32.8 Å². The van der Waals surface area contributed by atoms with Crippen LogP contribution >= 0.6 is 0 Å². The molecule has 0 N–H and O–H groups in total. The molecule has 0 fully saturated rings. The van der Waals surface area contributed by atoms with Crippen molar-refractivity contribution in [1.29, 1.82) is 0 Å². The number of fused-ring (bicyclic) bond motifs is 12. The summed E-state index contributed by atoms with van der Waals surface area (Å²) in [6, 6.07) is 44.8. The quantitative estimate of drug-likeness (QED) is 0.158. The number of aryl methyl sites for hydroxylation is 4. The van der Waals surface area contributed by atoms with E-state index in [0.717, 1.165) is 24.3 Å². The molecule has 5 heterocycles. The van der Waals surface area contributed by atoms with Crippen molar-refractivity contribution in [2.24, 2.45) is 0 Å². The molecular formula is C52H43N2O+. The van der Waals surface area contributed by atoms with Gasteiger partial charge in [0.2, 0.25) is 5.36 Å². The molecule has 0 bridgehead atoms. The van der Waals surface area contributed by atoms with Crippen molar-refractivity contribution in [3.8, 4) is 11.5 Å². The van der Waals surface area contributed by atoms with Crippen LogP contribution in [0.4, 0.5) is 5.69 Å². The standard InChI is InChI=1S/C52H43N2O/c1-2-12-32(13-3-1)49-41-28-35-26-33-14-8-22-53-24-10-16-37(50(33)53)39(35)30-45(41)52(43-18-4-6-20-47(43)55-48-21-7-5-19-44(48)52)46-31-40-36(29-42(46)49)27-34-15-9-23-54-25-11-17-38(40)51(34)54/h1-7,12-13,18-21,26-31H,8-11,14-17,22-25H2/q+1. The van der Waals surface area contributed by atoms with Gasteiger partial charge < -0.3 is 9.64 Å². The molecule has 5 aliphatic heterocycles. The molecular weight excluding hydrogens is 669 g/mol. The molecule has 7 aromatic rings. The summed E-state index contributed by atoms with van der Waals surface area (Å²) in [6.45, 7) is 4.70. The Bertz CT molecular complexity index is 2920. The fourth-order valence-corrected chi connectivity index (χ4v) is 12.1. The van der Waals surface area contributed by atoms with Gasteiger partial charge in [0.25, 0.3) is 0 Å². The summed E-state index contributed by atoms with van der Waals surface area (Å²) in [5, 5.41) is 8.52. The fourth-order valence-electron chi connectivity index (χ4n) is 12.1. The lowest BCUT2D eigenvalue weighted by Gasteiger charge is -2.45. The zero-order valence-corrected chi connectivity index (χ0v) is 31.3. The van der Waals surface area contributed by atoms with Gasteiger partial charge in [-0.2, -0.15) is 0 Å². The van der Waals surface area contributed by atoms with Crippen molar-refractivity contribution in [2.75, 3.05) is 31.1 Å². The van der Waals surface area contributed by atoms with Gasteiger partial charge in [-0.15, -0.1) is 0 Å². The zero-order chi connectivity index (χ0) is 35.8. The minimum absolute atomic E-state index is 0.579. The van der Waals surface area contributed by atoms with Crippen molar-refractivity contribution in [1.82, 2.24) is 4.58 Å². The van der Waals surface area contributed by atoms with Gasteiger partial charge in [0, 0.05) is 53.9 Å². The van der Waals surface area contributed by atoms with Gasteiger partial charge in [-0.05, 0) is 153 Å². The first-order valence-electron chi connectivity index (χ1n) is 20.8. The number of rotatable bonds is 1. The predicted molar refractivity (Wildman–Crippen MR) is 224 cm³/mol. The molecule has 0 aromatic heterocycles. The Kier molecular flexibility index (Phi) is 6.24. The van der Waals surface area contributed by atoms with E-state index in [4.69, 9.17) is 4.74 Å². The van der Waals surface area contributed by atoms with Crippen LogP contribution < -0.4 is 24.8 Å². The second kappa shape index (κ2) is 11.2. The summed E-state index contributed by atoms with van der Waals surface area (Å²) in [7, 11) is 0. The lowest BCUT2D eigenvalue weighted by molar-refractivity contribution is 0.433. The first-order chi connectivity index (χ1) is 27.3. The van der Waals surface area contributed by atoms with Crippen LogP contribution in [0.15, 0.2) is 115 Å². The molecule has 6 aliphatic rings. The maximum Gasteiger partial charge on any atom is 0.206 e. The van der Waals surface area contributed by atoms with E-state index in [1.165, 1.54) is 141 Å². The first kappa shape index (κ1) is 30.6. The fraction of sp³-hybridized carbons (Fsp3) is 0.250. The molecule has 3 nitrogen and oxygen atoms in total.